The van der Waals surface area contributed by atoms with Gasteiger partial charge in [0.2, 0.25) is 0 Å². The Kier molecular flexibility index (Phi) is 18.2. The molecule has 0 unspecified atom stereocenters. The van der Waals surface area contributed by atoms with Gasteiger partial charge in [0.05, 0.1) is 47.2 Å². The Hall–Kier alpha value is -17.2. The number of benzene rings is 21. The molecule has 0 aliphatic carbocycles. The molecule has 0 amide bonds. The molecule has 0 saturated heterocycles. The van der Waals surface area contributed by atoms with Gasteiger partial charge in [-0.05, 0) is 233 Å². The zero-order valence-electron chi connectivity index (χ0n) is 73.7. The quantitative estimate of drug-likeness (QED) is 0.137. The highest BCUT2D eigenvalue weighted by molar-refractivity contribution is 7.27. The minimum absolute atomic E-state index is 0.908. The van der Waals surface area contributed by atoms with Gasteiger partial charge in [0.15, 0.2) is 0 Å². The summed E-state index contributed by atoms with van der Waals surface area (Å²) in [6.45, 7) is 0. The van der Waals surface area contributed by atoms with E-state index in [1.54, 1.807) is 0 Å². The number of hydrogen-bond acceptors (Lipinski definition) is 6. The summed E-state index contributed by atoms with van der Waals surface area (Å²) in [6.07, 6.45) is 0. The second-order valence-corrected chi connectivity index (χ2v) is 38.7. The fraction of sp³-hybridized carbons (Fsp3) is 0. The van der Waals surface area contributed by atoms with Crippen LogP contribution in [0.25, 0.3) is 276 Å². The first-order valence-electron chi connectivity index (χ1n) is 46.4. The topological polar surface area (TPSA) is 54.2 Å². The zero-order valence-corrected chi connectivity index (χ0v) is 76.2. The minimum Gasteiger partial charge on any atom is -0.456 e. The number of hydrogen-bond donors (Lipinski definition) is 0. The van der Waals surface area contributed by atoms with Crippen LogP contribution in [-0.2, 0) is 0 Å². The lowest BCUT2D eigenvalue weighted by Crippen LogP contribution is -1.92. The molecule has 0 aliphatic rings. The smallest absolute Gasteiger partial charge is 0.143 e. The first kappa shape index (κ1) is 78.5. The van der Waals surface area contributed by atoms with Crippen LogP contribution in [0.3, 0.4) is 0 Å². The van der Waals surface area contributed by atoms with Crippen LogP contribution >= 0.6 is 34.0 Å². The van der Waals surface area contributed by atoms with Crippen LogP contribution in [0.1, 0.15) is 0 Å². The summed E-state index contributed by atoms with van der Waals surface area (Å²) in [4.78, 5) is 0. The lowest BCUT2D eigenvalue weighted by Gasteiger charge is -2.09. The van der Waals surface area contributed by atoms with Crippen molar-refractivity contribution in [2.45, 2.75) is 0 Å². The van der Waals surface area contributed by atoms with Gasteiger partial charge in [0.1, 0.15) is 33.5 Å². The summed E-state index contributed by atoms with van der Waals surface area (Å²) < 4.78 is 34.4. The third kappa shape index (κ3) is 13.0. The summed E-state index contributed by atoms with van der Waals surface area (Å²) in [5.41, 5.74) is 33.3. The Morgan fingerprint density at radius 1 is 0.168 bits per heavy atom. The number of para-hydroxylation sites is 7. The van der Waals surface area contributed by atoms with E-state index in [1.807, 2.05) is 40.1 Å². The second-order valence-electron chi connectivity index (χ2n) is 35.6. The van der Waals surface area contributed by atoms with Crippen molar-refractivity contribution in [1.29, 1.82) is 0 Å². The van der Waals surface area contributed by atoms with Crippen molar-refractivity contribution in [2.75, 3.05) is 0 Å². The molecule has 0 saturated carbocycles. The van der Waals surface area contributed by atoms with E-state index < -0.39 is 0 Å². The average molecular weight is 1800 g/mol. The summed E-state index contributed by atoms with van der Waals surface area (Å²) >= 11 is 5.65. The van der Waals surface area contributed by atoms with E-state index in [0.29, 0.717) is 0 Å². The molecule has 640 valence electrons. The Morgan fingerprint density at radius 2 is 0.511 bits per heavy atom. The third-order valence-electron chi connectivity index (χ3n) is 27.8. The summed E-state index contributed by atoms with van der Waals surface area (Å²) in [7, 11) is 0. The van der Waals surface area contributed by atoms with Crippen LogP contribution in [0.4, 0.5) is 0 Å². The van der Waals surface area contributed by atoms with Crippen molar-refractivity contribution in [3.8, 4) is 95.0 Å². The first-order chi connectivity index (χ1) is 67.9. The van der Waals surface area contributed by atoms with Crippen molar-refractivity contribution >= 4 is 215 Å². The molecular weight excluding hydrogens is 1720 g/mol. The normalized spacial score (nSPS) is 11.9. The lowest BCUT2D eigenvalue weighted by atomic mass is 9.95. The maximum atomic E-state index is 6.52. The van der Waals surface area contributed by atoms with Gasteiger partial charge >= 0.3 is 0 Å². The molecule has 9 aromatic heterocycles. The van der Waals surface area contributed by atoms with Crippen LogP contribution in [0.2, 0.25) is 0 Å². The fourth-order valence-corrected chi connectivity index (χ4v) is 24.9. The molecule has 6 nitrogen and oxygen atoms in total. The number of fused-ring (bicyclic) bond motifs is 27. The molecule has 137 heavy (non-hydrogen) atoms. The largest absolute Gasteiger partial charge is 0.456 e. The standard InChI is InChI=1S/C44H27NOS.2C42H25NOS/c1-3-11-29(12-4-1)34-17-9-18-36-41-33(16-10-20-39(41)46-43(34)36)30-23-21-28(22-24-30)31-25-26-40-37(27-31)42-44(47-40)35-15-7-8-19-38(35)45(42)32-13-5-2-6-14-32;1-2-10-32(11-3-1)43-37-13-7-6-12-34(37)42-41(43)36-23-30(19-21-40(36)45-42)26-14-16-27(17-15-26)31-18-20-33-35-22-28-8-4-5-9-29(28)24-39(35)44-38(33)25-31;1-2-9-31(10-3-1)43-36-13-7-6-12-33(36)42-41(43)35-24-29(20-23-39(35)45-42)26-14-16-27(17-15-26)30-18-21-34-38(25-30)44-37-22-19-28-8-4-5-11-32(28)40(34)37/h1-27H;2*1-25H. The van der Waals surface area contributed by atoms with Gasteiger partial charge in [0, 0.05) is 101 Å². The van der Waals surface area contributed by atoms with Gasteiger partial charge in [-0.25, -0.2) is 0 Å². The van der Waals surface area contributed by atoms with Crippen molar-refractivity contribution in [1.82, 2.24) is 13.7 Å². The van der Waals surface area contributed by atoms with Crippen molar-refractivity contribution in [3.63, 3.8) is 0 Å². The molecule has 30 rings (SSSR count). The third-order valence-corrected chi connectivity index (χ3v) is 31.4. The van der Waals surface area contributed by atoms with E-state index in [1.165, 1.54) is 193 Å². The monoisotopic (exact) mass is 1800 g/mol. The molecule has 0 aliphatic heterocycles. The number of rotatable bonds is 10. The van der Waals surface area contributed by atoms with E-state index in [-0.39, 0.29) is 0 Å². The van der Waals surface area contributed by atoms with E-state index in [4.69, 9.17) is 13.3 Å². The van der Waals surface area contributed by atoms with Gasteiger partial charge in [-0.3, -0.25) is 0 Å². The highest BCUT2D eigenvalue weighted by Gasteiger charge is 2.25. The van der Waals surface area contributed by atoms with E-state index in [9.17, 15) is 0 Å². The minimum atomic E-state index is 0.908. The van der Waals surface area contributed by atoms with E-state index in [0.717, 1.165) is 82.7 Å². The van der Waals surface area contributed by atoms with Crippen LogP contribution < -0.4 is 0 Å². The Balaban J connectivity index is 0.000000102. The SMILES string of the molecule is c1ccc(-c2cccc3c2oc2cccc(-c4ccc(-c5ccc6sc7c8ccccc8n(-c8ccccc8)c7c6c5)cc4)c23)cc1.c1ccc(-n2c3ccccc3c3sc4ccc(-c5ccc(-c6ccc7c(c6)oc6cc8ccccc8cc67)cc5)cc4c32)cc1.c1ccc(-n2c3ccccc3c3sc4ccc(-c5ccc(-c6ccc7c(c6)oc6ccc8ccccc8c67)cc5)cc4c32)cc1. The Bertz CT molecular complexity index is 10100. The van der Waals surface area contributed by atoms with Crippen LogP contribution in [-0.4, -0.2) is 13.7 Å². The molecule has 30 aromatic rings. The molecule has 0 N–H and O–H groups in total. The van der Waals surface area contributed by atoms with Gasteiger partial charge in [-0.2, -0.15) is 0 Å². The molecule has 0 atom stereocenters. The molecule has 9 heteroatoms. The fourth-order valence-electron chi connectivity index (χ4n) is 21.3. The zero-order chi connectivity index (χ0) is 89.9. The number of nitrogens with zero attached hydrogens (tertiary/aromatic N) is 3. The molecular formula is C128H77N3O3S3. The number of aromatic nitrogens is 3. The highest BCUT2D eigenvalue weighted by Crippen LogP contribution is 2.50. The van der Waals surface area contributed by atoms with Gasteiger partial charge < -0.3 is 27.0 Å². The molecule has 0 spiro atoms. The number of furan rings is 3. The predicted octanol–water partition coefficient (Wildman–Crippen LogP) is 37.7. The van der Waals surface area contributed by atoms with Gasteiger partial charge in [-0.15, -0.1) is 34.0 Å². The lowest BCUT2D eigenvalue weighted by molar-refractivity contribution is 0.669. The van der Waals surface area contributed by atoms with Crippen molar-refractivity contribution < 1.29 is 13.3 Å². The Labute approximate surface area is 797 Å². The predicted molar refractivity (Wildman–Crippen MR) is 583 cm³/mol. The molecule has 9 heterocycles. The van der Waals surface area contributed by atoms with E-state index in [2.05, 4.69) is 475 Å². The number of thiophene rings is 3. The van der Waals surface area contributed by atoms with Crippen molar-refractivity contribution in [2.24, 2.45) is 0 Å². The summed E-state index contributed by atoms with van der Waals surface area (Å²) in [5.74, 6) is 0. The summed E-state index contributed by atoms with van der Waals surface area (Å²) in [5, 5.41) is 19.6. The molecule has 21 aromatic carbocycles. The van der Waals surface area contributed by atoms with E-state index >= 15 is 0 Å². The maximum absolute atomic E-state index is 6.52. The van der Waals surface area contributed by atoms with Gasteiger partial charge in [-0.1, -0.05) is 328 Å². The van der Waals surface area contributed by atoms with Crippen molar-refractivity contribution in [3.05, 3.63) is 467 Å². The van der Waals surface area contributed by atoms with Crippen LogP contribution in [0, 0.1) is 0 Å². The average Bonchev–Trinajstić information content (AvgIpc) is 1.57. The molecule has 0 radical (unpaired) electrons. The van der Waals surface area contributed by atoms with Crippen LogP contribution in [0.15, 0.2) is 480 Å². The Morgan fingerprint density at radius 3 is 1.00 bits per heavy atom. The molecule has 0 fully saturated rings. The molecule has 0 bridgehead atoms. The van der Waals surface area contributed by atoms with Gasteiger partial charge in [0.25, 0.3) is 0 Å². The second kappa shape index (κ2) is 31.8. The van der Waals surface area contributed by atoms with Crippen LogP contribution in [0.5, 0.6) is 0 Å². The summed E-state index contributed by atoms with van der Waals surface area (Å²) in [6, 6.07) is 168. The highest BCUT2D eigenvalue weighted by atomic mass is 32.1. The first-order valence-corrected chi connectivity index (χ1v) is 48.9. The maximum Gasteiger partial charge on any atom is 0.143 e.